The first-order valence-corrected chi connectivity index (χ1v) is 26.8. The van der Waals surface area contributed by atoms with Crippen molar-refractivity contribution < 1.29 is 76.6 Å². The second kappa shape index (κ2) is 44.4. The van der Waals surface area contributed by atoms with Gasteiger partial charge in [-0.15, -0.1) is 0 Å². The second-order valence-electron chi connectivity index (χ2n) is 20.0. The van der Waals surface area contributed by atoms with Gasteiger partial charge in [0.05, 0.1) is 39.6 Å². The van der Waals surface area contributed by atoms with Crippen molar-refractivity contribution in [2.75, 3.05) is 79.1 Å². The summed E-state index contributed by atoms with van der Waals surface area (Å²) in [5.41, 5.74) is -1.17. The lowest BCUT2D eigenvalue weighted by Crippen LogP contribution is -2.44. The van der Waals surface area contributed by atoms with Crippen molar-refractivity contribution in [3.05, 3.63) is 12.7 Å². The lowest BCUT2D eigenvalue weighted by molar-refractivity contribution is -0.159. The van der Waals surface area contributed by atoms with E-state index in [9.17, 15) is 43.5 Å². The molecule has 0 saturated carbocycles. The number of carboxylic acid groups (broad SMARTS) is 1. The molecular weight excluding hydrogens is 963 g/mol. The van der Waals surface area contributed by atoms with Gasteiger partial charge in [0.1, 0.15) is 43.1 Å². The summed E-state index contributed by atoms with van der Waals surface area (Å²) in [7, 11) is 0. The van der Waals surface area contributed by atoms with E-state index in [1.54, 1.807) is 20.8 Å². The van der Waals surface area contributed by atoms with E-state index in [2.05, 4.69) is 33.2 Å². The maximum atomic E-state index is 12.9. The summed E-state index contributed by atoms with van der Waals surface area (Å²) in [6.07, 6.45) is 18.0. The Kier molecular flexibility index (Phi) is 41.5. The van der Waals surface area contributed by atoms with Crippen LogP contribution in [0.2, 0.25) is 0 Å². The topological polar surface area (TPSA) is 282 Å². The fourth-order valence-corrected chi connectivity index (χ4v) is 6.99. The van der Waals surface area contributed by atoms with Crippen LogP contribution >= 0.6 is 0 Å². The number of unbranched alkanes of at least 4 members (excludes halogenated alkanes) is 14. The molecule has 0 aliphatic carbocycles. The highest BCUT2D eigenvalue weighted by atomic mass is 16.6. The molecule has 1 unspecified atom stereocenters. The quantitative estimate of drug-likeness (QED) is 0.0173. The molecule has 0 fully saturated rings. The number of nitrogens with one attached hydrogen (secondary N) is 5. The number of esters is 2. The van der Waals surface area contributed by atoms with Crippen molar-refractivity contribution in [1.29, 1.82) is 0 Å². The van der Waals surface area contributed by atoms with Gasteiger partial charge in [0.25, 0.3) is 0 Å². The molecule has 6 N–H and O–H groups in total. The molecule has 0 saturated heterocycles. The van der Waals surface area contributed by atoms with Crippen LogP contribution in [0.15, 0.2) is 12.7 Å². The number of alkyl carbamates (subject to hydrolysis) is 1. The Morgan fingerprint density at radius 1 is 0.473 bits per heavy atom. The largest absolute Gasteiger partial charge is 0.480 e. The van der Waals surface area contributed by atoms with E-state index in [-0.39, 0.29) is 121 Å². The van der Waals surface area contributed by atoms with Crippen molar-refractivity contribution in [1.82, 2.24) is 26.6 Å². The first-order chi connectivity index (χ1) is 35.2. The maximum Gasteiger partial charge on any atom is 0.408 e. The van der Waals surface area contributed by atoms with Gasteiger partial charge in [-0.3, -0.25) is 24.0 Å². The maximum absolute atomic E-state index is 12.9. The van der Waals surface area contributed by atoms with E-state index in [1.165, 1.54) is 51.0 Å². The summed E-state index contributed by atoms with van der Waals surface area (Å²) < 4.78 is 37.1. The molecular formula is C53H95N5O16. The fourth-order valence-electron chi connectivity index (χ4n) is 6.99. The van der Waals surface area contributed by atoms with Crippen LogP contribution in [0.4, 0.5) is 4.79 Å². The van der Waals surface area contributed by atoms with E-state index < -0.39 is 41.3 Å². The van der Waals surface area contributed by atoms with Crippen LogP contribution in [0, 0.1) is 0 Å². The molecule has 0 aromatic carbocycles. The molecule has 0 aromatic heterocycles. The van der Waals surface area contributed by atoms with Gasteiger partial charge in [-0.25, -0.2) is 14.4 Å². The molecule has 21 heteroatoms. The normalized spacial score (nSPS) is 12.2. The summed E-state index contributed by atoms with van der Waals surface area (Å²) in [6, 6.07) is -2.06. The molecule has 74 heavy (non-hydrogen) atoms. The Labute approximate surface area is 441 Å². The number of hydrogen-bond acceptors (Lipinski definition) is 15. The lowest BCUT2D eigenvalue weighted by Gasteiger charge is -2.24. The molecule has 0 spiro atoms. The monoisotopic (exact) mass is 1060 g/mol. The first kappa shape index (κ1) is 69.1. The third kappa shape index (κ3) is 46.9. The molecule has 5 amide bonds. The van der Waals surface area contributed by atoms with Crippen LogP contribution < -0.4 is 26.6 Å². The Balaban J connectivity index is 3.97. The smallest absolute Gasteiger partial charge is 0.408 e. The zero-order chi connectivity index (χ0) is 55.3. The zero-order valence-electron chi connectivity index (χ0n) is 45.8. The van der Waals surface area contributed by atoms with E-state index >= 15 is 0 Å². The lowest BCUT2D eigenvalue weighted by atomic mass is 10.0. The Morgan fingerprint density at radius 3 is 1.42 bits per heavy atom. The number of carboxylic acids is 1. The minimum atomic E-state index is -1.18. The standard InChI is InChI=1S/C53H95N5O16/c1-8-33-72-51(67)58-42(49(64)65)25-23-24-30-54-46(61)40-70-38-37-69-35-32-56-47(62)41-71-39-36-68-34-31-55-44(59)29-28-43(50(66)74-53(5,6)7)57-45(60)26-21-19-17-15-13-11-9-10-12-14-16-18-20-22-27-48(63)73-52(2,3)4/h8,42-43H,1,9-41H2,2-7H3,(H,54,61)(H,55,59)(H,56,62)(H,57,60)(H,58,67)(H,64,65)/t42?,43-/m0/s1. The molecule has 2 atom stereocenters. The van der Waals surface area contributed by atoms with E-state index in [1.807, 2.05) is 20.8 Å². The highest BCUT2D eigenvalue weighted by Crippen LogP contribution is 2.16. The van der Waals surface area contributed by atoms with Crippen molar-refractivity contribution in [2.24, 2.45) is 0 Å². The van der Waals surface area contributed by atoms with Crippen molar-refractivity contribution in [3.8, 4) is 0 Å². The number of aliphatic carboxylic acids is 1. The summed E-state index contributed by atoms with van der Waals surface area (Å²) in [4.78, 5) is 97.0. The molecule has 0 aliphatic rings. The van der Waals surface area contributed by atoms with Gasteiger partial charge in [-0.2, -0.15) is 0 Å². The van der Waals surface area contributed by atoms with Crippen LogP contribution in [0.1, 0.15) is 176 Å². The highest BCUT2D eigenvalue weighted by molar-refractivity contribution is 5.85. The molecule has 0 heterocycles. The van der Waals surface area contributed by atoms with Gasteiger partial charge >= 0.3 is 24.0 Å². The average molecular weight is 1060 g/mol. The molecule has 0 radical (unpaired) electrons. The summed E-state index contributed by atoms with van der Waals surface area (Å²) in [5, 5.41) is 22.4. The van der Waals surface area contributed by atoms with Gasteiger partial charge in [0.15, 0.2) is 0 Å². The fraction of sp³-hybridized carbons (Fsp3) is 0.811. The van der Waals surface area contributed by atoms with Crippen molar-refractivity contribution in [3.63, 3.8) is 0 Å². The molecule has 0 aliphatic heterocycles. The number of rotatable bonds is 47. The van der Waals surface area contributed by atoms with E-state index in [4.69, 9.17) is 33.2 Å². The zero-order valence-corrected chi connectivity index (χ0v) is 45.8. The van der Waals surface area contributed by atoms with Crippen molar-refractivity contribution in [2.45, 2.75) is 200 Å². The van der Waals surface area contributed by atoms with Crippen molar-refractivity contribution >= 4 is 47.6 Å². The summed E-state index contributed by atoms with van der Waals surface area (Å²) in [6.45, 7) is 15.8. The van der Waals surface area contributed by atoms with Gasteiger partial charge in [-0.05, 0) is 80.1 Å². The number of amides is 5. The molecule has 428 valence electrons. The highest BCUT2D eigenvalue weighted by Gasteiger charge is 2.27. The van der Waals surface area contributed by atoms with Gasteiger partial charge in [-0.1, -0.05) is 89.7 Å². The van der Waals surface area contributed by atoms with Crippen LogP contribution in [-0.2, 0) is 66.7 Å². The molecule has 0 rings (SSSR count). The second-order valence-corrected chi connectivity index (χ2v) is 20.0. The number of carbonyl (C=O) groups excluding carboxylic acids is 7. The summed E-state index contributed by atoms with van der Waals surface area (Å²) >= 11 is 0. The number of ether oxygens (including phenoxy) is 7. The third-order valence-electron chi connectivity index (χ3n) is 10.7. The SMILES string of the molecule is C=CCOC(=O)NC(CCCCNC(=O)COCCOCCNC(=O)COCCOCCNC(=O)CC[C@H](NC(=O)CCCCCCCCCCCCCCCCC(=O)OC(C)(C)C)C(=O)OC(C)(C)C)C(=O)O. The molecule has 0 aromatic rings. The average Bonchev–Trinajstić information content (AvgIpc) is 3.31. The number of hydrogen-bond donors (Lipinski definition) is 6. The minimum Gasteiger partial charge on any atom is -0.480 e. The molecule has 0 bridgehead atoms. The van der Waals surface area contributed by atoms with Crippen LogP contribution in [0.5, 0.6) is 0 Å². The van der Waals surface area contributed by atoms with Gasteiger partial charge < -0.3 is 64.8 Å². The Morgan fingerprint density at radius 2 is 0.932 bits per heavy atom. The third-order valence-corrected chi connectivity index (χ3v) is 10.7. The van der Waals surface area contributed by atoms with Crippen LogP contribution in [-0.4, -0.2) is 155 Å². The Hall–Kier alpha value is -4.86. The van der Waals surface area contributed by atoms with Gasteiger partial charge in [0.2, 0.25) is 23.6 Å². The molecule has 21 nitrogen and oxygen atoms in total. The predicted octanol–water partition coefficient (Wildman–Crippen LogP) is 6.13. The first-order valence-electron chi connectivity index (χ1n) is 26.8. The van der Waals surface area contributed by atoms with E-state index in [0.29, 0.717) is 32.2 Å². The predicted molar refractivity (Wildman–Crippen MR) is 279 cm³/mol. The summed E-state index contributed by atoms with van der Waals surface area (Å²) in [5.74, 6) is -3.10. The number of carbonyl (C=O) groups is 8. The van der Waals surface area contributed by atoms with Gasteiger partial charge in [0, 0.05) is 38.9 Å². The van der Waals surface area contributed by atoms with Crippen LogP contribution in [0.3, 0.4) is 0 Å². The van der Waals surface area contributed by atoms with E-state index in [0.717, 1.165) is 44.9 Å². The van der Waals surface area contributed by atoms with Crippen LogP contribution in [0.25, 0.3) is 0 Å². The minimum absolute atomic E-state index is 0.0000927. The Bertz CT molecular complexity index is 1590.